The van der Waals surface area contributed by atoms with E-state index in [4.69, 9.17) is 4.74 Å². The third-order valence-electron chi connectivity index (χ3n) is 5.57. The Balaban J connectivity index is 1.50. The number of ether oxygens (including phenoxy) is 1. The average molecular weight is 409 g/mol. The van der Waals surface area contributed by atoms with Crippen LogP contribution in [0, 0.1) is 11.6 Å². The molecule has 0 aliphatic heterocycles. The van der Waals surface area contributed by atoms with Crippen LogP contribution < -0.4 is 4.74 Å². The molecule has 0 unspecified atom stereocenters. The molecule has 1 aliphatic rings. The number of rotatable bonds is 6. The number of carboxylic acid groups (broad SMARTS) is 1. The van der Waals surface area contributed by atoms with Gasteiger partial charge in [-0.3, -0.25) is 4.98 Å². The highest BCUT2D eigenvalue weighted by atomic mass is 19.1. The van der Waals surface area contributed by atoms with Crippen LogP contribution in [0.1, 0.15) is 52.2 Å². The van der Waals surface area contributed by atoms with Gasteiger partial charge in [-0.25, -0.2) is 13.6 Å². The number of halogens is 2. The summed E-state index contributed by atoms with van der Waals surface area (Å²) in [4.78, 5) is 15.5. The lowest BCUT2D eigenvalue weighted by Gasteiger charge is -2.26. The van der Waals surface area contributed by atoms with E-state index in [9.17, 15) is 18.7 Å². The van der Waals surface area contributed by atoms with E-state index in [0.29, 0.717) is 23.7 Å². The lowest BCUT2D eigenvalue weighted by Crippen LogP contribution is -2.12. The van der Waals surface area contributed by atoms with Crippen molar-refractivity contribution < 1.29 is 23.4 Å². The molecule has 1 N–H and O–H groups in total. The second-order valence-corrected chi connectivity index (χ2v) is 7.50. The summed E-state index contributed by atoms with van der Waals surface area (Å²) in [6, 6.07) is 10.5. The Bertz CT molecular complexity index is 1080. The van der Waals surface area contributed by atoms with Crippen molar-refractivity contribution in [1.29, 1.82) is 0 Å². The second-order valence-electron chi connectivity index (χ2n) is 7.50. The molecule has 6 heteroatoms. The molecular formula is C24H21F2NO3. The summed E-state index contributed by atoms with van der Waals surface area (Å²) >= 11 is 0. The highest BCUT2D eigenvalue weighted by Crippen LogP contribution is 2.37. The van der Waals surface area contributed by atoms with Gasteiger partial charge in [-0.15, -0.1) is 0 Å². The van der Waals surface area contributed by atoms with Crippen LogP contribution in [0.4, 0.5) is 8.78 Å². The van der Waals surface area contributed by atoms with Gasteiger partial charge in [0.2, 0.25) is 0 Å². The fourth-order valence-electron chi connectivity index (χ4n) is 4.10. The Hall–Kier alpha value is -3.28. The molecule has 0 saturated heterocycles. The van der Waals surface area contributed by atoms with E-state index >= 15 is 0 Å². The van der Waals surface area contributed by atoms with Crippen molar-refractivity contribution >= 4 is 5.97 Å². The molecule has 30 heavy (non-hydrogen) atoms. The Kier molecular flexibility index (Phi) is 5.74. The minimum Gasteiger partial charge on any atom is -0.478 e. The van der Waals surface area contributed by atoms with E-state index in [2.05, 4.69) is 4.98 Å². The quantitative estimate of drug-likeness (QED) is 0.550. The molecule has 0 radical (unpaired) electrons. The minimum absolute atomic E-state index is 0.0125. The number of fused-ring (bicyclic) bond motifs is 1. The third-order valence-corrected chi connectivity index (χ3v) is 5.57. The van der Waals surface area contributed by atoms with Gasteiger partial charge >= 0.3 is 5.97 Å². The van der Waals surface area contributed by atoms with Crippen LogP contribution >= 0.6 is 0 Å². The summed E-state index contributed by atoms with van der Waals surface area (Å²) in [6.45, 7) is 0. The van der Waals surface area contributed by atoms with E-state index in [1.807, 2.05) is 12.1 Å². The van der Waals surface area contributed by atoms with Gasteiger partial charge < -0.3 is 9.84 Å². The molecule has 3 aromatic rings. The summed E-state index contributed by atoms with van der Waals surface area (Å²) < 4.78 is 32.6. The maximum absolute atomic E-state index is 13.9. The van der Waals surface area contributed by atoms with Gasteiger partial charge in [-0.2, -0.15) is 0 Å². The molecule has 1 aliphatic carbocycles. The van der Waals surface area contributed by atoms with Crippen molar-refractivity contribution in [3.05, 3.63) is 88.7 Å². The zero-order valence-corrected chi connectivity index (χ0v) is 16.3. The van der Waals surface area contributed by atoms with Gasteiger partial charge in [-0.05, 0) is 85.0 Å². The molecule has 0 spiro atoms. The first kappa shape index (κ1) is 20.0. The third kappa shape index (κ3) is 4.32. The van der Waals surface area contributed by atoms with E-state index in [-0.39, 0.29) is 5.75 Å². The normalized spacial score (nSPS) is 15.5. The van der Waals surface area contributed by atoms with Crippen molar-refractivity contribution in [3.63, 3.8) is 0 Å². The molecule has 1 heterocycles. The molecule has 1 aromatic heterocycles. The molecule has 2 aromatic carbocycles. The highest BCUT2D eigenvalue weighted by Gasteiger charge is 2.22. The smallest absolute Gasteiger partial charge is 0.336 e. The van der Waals surface area contributed by atoms with E-state index in [1.165, 1.54) is 23.9 Å². The Morgan fingerprint density at radius 2 is 2.03 bits per heavy atom. The Labute approximate surface area is 173 Å². The first-order valence-electron chi connectivity index (χ1n) is 9.93. The zero-order chi connectivity index (χ0) is 21.1. The number of aromatic nitrogens is 1. The maximum Gasteiger partial charge on any atom is 0.336 e. The van der Waals surface area contributed by atoms with Gasteiger partial charge in [0.1, 0.15) is 11.6 Å². The molecule has 154 valence electrons. The van der Waals surface area contributed by atoms with Crippen LogP contribution in [-0.4, -0.2) is 16.1 Å². The van der Waals surface area contributed by atoms with Gasteiger partial charge in [0.25, 0.3) is 0 Å². The van der Waals surface area contributed by atoms with Gasteiger partial charge in [0.05, 0.1) is 5.56 Å². The number of benzene rings is 2. The predicted molar refractivity (Wildman–Crippen MR) is 108 cm³/mol. The SMILES string of the molecule is O=C(O)c1ccncc1CC[C@@H]1CCCc2cc(Oc3ccc(F)cc3F)ccc21. The summed E-state index contributed by atoms with van der Waals surface area (Å²) in [5.74, 6) is -1.51. The summed E-state index contributed by atoms with van der Waals surface area (Å²) in [5, 5.41) is 9.36. The van der Waals surface area contributed by atoms with Gasteiger partial charge in [-0.1, -0.05) is 6.07 Å². The van der Waals surface area contributed by atoms with Crippen LogP contribution in [0.2, 0.25) is 0 Å². The number of nitrogens with zero attached hydrogens (tertiary/aromatic N) is 1. The number of carbonyl (C=O) groups is 1. The lowest BCUT2D eigenvalue weighted by atomic mass is 9.79. The molecule has 4 rings (SSSR count). The summed E-state index contributed by atoms with van der Waals surface area (Å²) in [6.07, 6.45) is 7.54. The molecule has 0 amide bonds. The largest absolute Gasteiger partial charge is 0.478 e. The summed E-state index contributed by atoms with van der Waals surface area (Å²) in [7, 11) is 0. The minimum atomic E-state index is -0.939. The number of pyridine rings is 1. The van der Waals surface area contributed by atoms with Crippen molar-refractivity contribution in [2.45, 2.75) is 38.0 Å². The van der Waals surface area contributed by atoms with E-state index in [1.54, 1.807) is 12.3 Å². The highest BCUT2D eigenvalue weighted by molar-refractivity contribution is 5.89. The number of carboxylic acids is 1. The van der Waals surface area contributed by atoms with E-state index in [0.717, 1.165) is 48.9 Å². The Morgan fingerprint density at radius 1 is 1.17 bits per heavy atom. The van der Waals surface area contributed by atoms with Crippen LogP contribution in [-0.2, 0) is 12.8 Å². The molecule has 0 bridgehead atoms. The van der Waals surface area contributed by atoms with Crippen molar-refractivity contribution in [3.8, 4) is 11.5 Å². The molecule has 1 atom stereocenters. The van der Waals surface area contributed by atoms with E-state index < -0.39 is 17.6 Å². The number of aromatic carboxylic acids is 1. The first-order valence-corrected chi connectivity index (χ1v) is 9.93. The lowest BCUT2D eigenvalue weighted by molar-refractivity contribution is 0.0695. The predicted octanol–water partition coefficient (Wildman–Crippen LogP) is 5.90. The standard InChI is InChI=1S/C24H21F2NO3/c25-18-6-9-23(22(26)13-18)30-19-7-8-20-15(2-1-3-16(20)12-19)4-5-17-14-27-11-10-21(17)24(28)29/h6-15H,1-5H2,(H,28,29)/t15-/m0/s1. The number of hydrogen-bond donors (Lipinski definition) is 1. The van der Waals surface area contributed by atoms with Crippen LogP contribution in [0.15, 0.2) is 54.9 Å². The van der Waals surface area contributed by atoms with Crippen LogP contribution in [0.25, 0.3) is 0 Å². The van der Waals surface area contributed by atoms with Crippen molar-refractivity contribution in [1.82, 2.24) is 4.98 Å². The Morgan fingerprint density at radius 3 is 2.83 bits per heavy atom. The monoisotopic (exact) mass is 409 g/mol. The molecular weight excluding hydrogens is 388 g/mol. The van der Waals surface area contributed by atoms with Gasteiger partial charge in [0, 0.05) is 18.5 Å². The zero-order valence-electron chi connectivity index (χ0n) is 16.3. The maximum atomic E-state index is 13.9. The first-order chi connectivity index (χ1) is 14.5. The van der Waals surface area contributed by atoms with Crippen LogP contribution in [0.3, 0.4) is 0 Å². The van der Waals surface area contributed by atoms with Gasteiger partial charge in [0.15, 0.2) is 11.6 Å². The topological polar surface area (TPSA) is 59.4 Å². The molecule has 4 nitrogen and oxygen atoms in total. The van der Waals surface area contributed by atoms with Crippen molar-refractivity contribution in [2.24, 2.45) is 0 Å². The fraction of sp³-hybridized carbons (Fsp3) is 0.250. The van der Waals surface area contributed by atoms with Crippen LogP contribution in [0.5, 0.6) is 11.5 Å². The number of aryl methyl sites for hydroxylation is 2. The molecule has 0 fully saturated rings. The molecule has 0 saturated carbocycles. The van der Waals surface area contributed by atoms with Crippen molar-refractivity contribution in [2.75, 3.05) is 0 Å². The second kappa shape index (κ2) is 8.61. The summed E-state index contributed by atoms with van der Waals surface area (Å²) in [5.41, 5.74) is 3.40. The number of hydrogen-bond acceptors (Lipinski definition) is 3. The average Bonchev–Trinajstić information content (AvgIpc) is 2.74. The fourth-order valence-corrected chi connectivity index (χ4v) is 4.10.